The Labute approximate surface area is 155 Å². The number of hydrogen-bond acceptors (Lipinski definition) is 5. The number of nitrogens with zero attached hydrogens (tertiary/aromatic N) is 2. The molecule has 0 aliphatic carbocycles. The molecule has 0 bridgehead atoms. The summed E-state index contributed by atoms with van der Waals surface area (Å²) in [6.45, 7) is 4.28. The summed E-state index contributed by atoms with van der Waals surface area (Å²) in [6.07, 6.45) is 0. The average molecular weight is 376 g/mol. The predicted octanol–water partition coefficient (Wildman–Crippen LogP) is 2.52. The lowest BCUT2D eigenvalue weighted by Gasteiger charge is -2.35. The molecule has 0 atom stereocenters. The number of benzene rings is 2. The highest BCUT2D eigenvalue weighted by atomic mass is 32.2. The number of rotatable bonds is 5. The first kappa shape index (κ1) is 18.5. The summed E-state index contributed by atoms with van der Waals surface area (Å²) < 4.78 is 37.8. The summed E-state index contributed by atoms with van der Waals surface area (Å²) >= 11 is 0. The largest absolute Gasteiger partial charge is 0.493 e. The van der Waals surface area contributed by atoms with Crippen molar-refractivity contribution in [3.63, 3.8) is 0 Å². The van der Waals surface area contributed by atoms with Crippen LogP contribution in [0.4, 0.5) is 5.69 Å². The van der Waals surface area contributed by atoms with E-state index in [4.69, 9.17) is 9.47 Å². The summed E-state index contributed by atoms with van der Waals surface area (Å²) in [6, 6.07) is 13.0. The van der Waals surface area contributed by atoms with Gasteiger partial charge in [0.15, 0.2) is 11.5 Å². The maximum atomic E-state index is 13.0. The van der Waals surface area contributed by atoms with E-state index in [1.165, 1.54) is 30.2 Å². The molecule has 0 spiro atoms. The van der Waals surface area contributed by atoms with Crippen molar-refractivity contribution in [2.45, 2.75) is 11.8 Å². The fraction of sp³-hybridized carbons (Fsp3) is 0.368. The summed E-state index contributed by atoms with van der Waals surface area (Å²) in [4.78, 5) is 2.43. The van der Waals surface area contributed by atoms with E-state index in [9.17, 15) is 8.42 Å². The van der Waals surface area contributed by atoms with Crippen molar-refractivity contribution in [3.05, 3.63) is 48.0 Å². The van der Waals surface area contributed by atoms with E-state index >= 15 is 0 Å². The molecule has 1 saturated heterocycles. The third-order valence-electron chi connectivity index (χ3n) is 4.63. The van der Waals surface area contributed by atoms with Gasteiger partial charge in [0.05, 0.1) is 19.1 Å². The average Bonchev–Trinajstić information content (AvgIpc) is 2.68. The van der Waals surface area contributed by atoms with Gasteiger partial charge in [-0.1, -0.05) is 17.7 Å². The van der Waals surface area contributed by atoms with E-state index in [0.29, 0.717) is 37.7 Å². The van der Waals surface area contributed by atoms with Gasteiger partial charge in [-0.3, -0.25) is 0 Å². The lowest BCUT2D eigenvalue weighted by atomic mass is 10.2. The maximum absolute atomic E-state index is 13.0. The van der Waals surface area contributed by atoms with Crippen molar-refractivity contribution >= 4 is 15.7 Å². The van der Waals surface area contributed by atoms with Gasteiger partial charge in [-0.15, -0.1) is 0 Å². The molecule has 6 nitrogen and oxygen atoms in total. The third kappa shape index (κ3) is 3.64. The van der Waals surface area contributed by atoms with Gasteiger partial charge in [0.1, 0.15) is 0 Å². The number of hydrogen-bond donors (Lipinski definition) is 0. The number of aryl methyl sites for hydroxylation is 1. The topological polar surface area (TPSA) is 59.1 Å². The number of anilines is 1. The molecule has 7 heteroatoms. The highest BCUT2D eigenvalue weighted by molar-refractivity contribution is 7.89. The third-order valence-corrected chi connectivity index (χ3v) is 6.53. The molecule has 1 heterocycles. The van der Waals surface area contributed by atoms with Crippen LogP contribution in [0.2, 0.25) is 0 Å². The van der Waals surface area contributed by atoms with Gasteiger partial charge in [-0.2, -0.15) is 4.31 Å². The van der Waals surface area contributed by atoms with Crippen LogP contribution in [0.5, 0.6) is 11.5 Å². The number of sulfonamides is 1. The van der Waals surface area contributed by atoms with E-state index in [1.807, 2.05) is 0 Å². The van der Waals surface area contributed by atoms with Crippen LogP contribution >= 0.6 is 0 Å². The monoisotopic (exact) mass is 376 g/mol. The molecule has 1 aliphatic rings. The number of methoxy groups -OCH3 is 2. The van der Waals surface area contributed by atoms with Gasteiger partial charge < -0.3 is 14.4 Å². The normalized spacial score (nSPS) is 15.7. The Morgan fingerprint density at radius 1 is 0.846 bits per heavy atom. The minimum absolute atomic E-state index is 0.221. The zero-order valence-corrected chi connectivity index (χ0v) is 16.1. The molecule has 2 aromatic rings. The van der Waals surface area contributed by atoms with Gasteiger partial charge in [0.25, 0.3) is 0 Å². The Bertz CT molecular complexity index is 858. The Kier molecular flexibility index (Phi) is 5.38. The van der Waals surface area contributed by atoms with Crippen LogP contribution in [0, 0.1) is 6.92 Å². The molecule has 26 heavy (non-hydrogen) atoms. The van der Waals surface area contributed by atoms with Crippen LogP contribution in [-0.2, 0) is 10.0 Å². The molecule has 140 valence electrons. The minimum Gasteiger partial charge on any atom is -0.493 e. The Morgan fingerprint density at radius 3 is 2.04 bits per heavy atom. The predicted molar refractivity (Wildman–Crippen MR) is 102 cm³/mol. The lowest BCUT2D eigenvalue weighted by Crippen LogP contribution is -2.48. The number of ether oxygens (including phenoxy) is 2. The summed E-state index contributed by atoms with van der Waals surface area (Å²) in [5.41, 5.74) is 2.34. The van der Waals surface area contributed by atoms with E-state index < -0.39 is 10.0 Å². The SMILES string of the molecule is COc1ccc(S(=O)(=O)N2CCN(c3ccc(C)cc3)CC2)cc1OC. The Morgan fingerprint density at radius 2 is 1.46 bits per heavy atom. The van der Waals surface area contributed by atoms with E-state index in [-0.39, 0.29) is 4.90 Å². The highest BCUT2D eigenvalue weighted by Crippen LogP contribution is 2.31. The molecule has 0 saturated carbocycles. The second kappa shape index (κ2) is 7.55. The first-order valence-electron chi connectivity index (χ1n) is 8.49. The van der Waals surface area contributed by atoms with Gasteiger partial charge in [-0.25, -0.2) is 8.42 Å². The standard InChI is InChI=1S/C19H24N2O4S/c1-15-4-6-16(7-5-15)20-10-12-21(13-11-20)26(22,23)17-8-9-18(24-2)19(14-17)25-3/h4-9,14H,10-13H2,1-3H3. The summed E-state index contributed by atoms with van der Waals surface area (Å²) in [7, 11) is -0.542. The van der Waals surface area contributed by atoms with Crippen LogP contribution in [-0.4, -0.2) is 53.1 Å². The quantitative estimate of drug-likeness (QED) is 0.803. The Balaban J connectivity index is 1.74. The fourth-order valence-corrected chi connectivity index (χ4v) is 4.51. The second-order valence-corrected chi connectivity index (χ2v) is 8.18. The number of piperazine rings is 1. The van der Waals surface area contributed by atoms with E-state index in [0.717, 1.165) is 5.69 Å². The van der Waals surface area contributed by atoms with Crippen molar-refractivity contribution in [1.82, 2.24) is 4.31 Å². The van der Waals surface area contributed by atoms with Crippen LogP contribution in [0.25, 0.3) is 0 Å². The molecular formula is C19H24N2O4S. The summed E-state index contributed by atoms with van der Waals surface area (Å²) in [5, 5.41) is 0. The second-order valence-electron chi connectivity index (χ2n) is 6.24. The van der Waals surface area contributed by atoms with E-state index in [1.54, 1.807) is 12.1 Å². The molecular weight excluding hydrogens is 352 g/mol. The van der Waals surface area contributed by atoms with Crippen LogP contribution < -0.4 is 14.4 Å². The Hall–Kier alpha value is -2.25. The fourth-order valence-electron chi connectivity index (χ4n) is 3.07. The van der Waals surface area contributed by atoms with Crippen LogP contribution in [0.1, 0.15) is 5.56 Å². The molecule has 0 amide bonds. The van der Waals surface area contributed by atoms with Crippen molar-refractivity contribution in [3.8, 4) is 11.5 Å². The highest BCUT2D eigenvalue weighted by Gasteiger charge is 2.29. The maximum Gasteiger partial charge on any atom is 0.243 e. The van der Waals surface area contributed by atoms with Gasteiger partial charge in [0.2, 0.25) is 10.0 Å². The van der Waals surface area contributed by atoms with Crippen molar-refractivity contribution in [2.75, 3.05) is 45.3 Å². The van der Waals surface area contributed by atoms with Gasteiger partial charge in [-0.05, 0) is 31.2 Å². The van der Waals surface area contributed by atoms with Crippen molar-refractivity contribution in [2.24, 2.45) is 0 Å². The zero-order chi connectivity index (χ0) is 18.7. The molecule has 1 aliphatic heterocycles. The van der Waals surface area contributed by atoms with Crippen molar-refractivity contribution in [1.29, 1.82) is 0 Å². The molecule has 0 radical (unpaired) electrons. The first-order chi connectivity index (χ1) is 12.5. The smallest absolute Gasteiger partial charge is 0.243 e. The molecule has 2 aromatic carbocycles. The van der Waals surface area contributed by atoms with Crippen molar-refractivity contribution < 1.29 is 17.9 Å². The van der Waals surface area contributed by atoms with Crippen LogP contribution in [0.15, 0.2) is 47.4 Å². The molecule has 0 unspecified atom stereocenters. The molecule has 0 N–H and O–H groups in total. The van der Waals surface area contributed by atoms with Gasteiger partial charge in [0, 0.05) is 37.9 Å². The molecule has 1 fully saturated rings. The first-order valence-corrected chi connectivity index (χ1v) is 9.93. The summed E-state index contributed by atoms with van der Waals surface area (Å²) in [5.74, 6) is 0.919. The zero-order valence-electron chi connectivity index (χ0n) is 15.3. The van der Waals surface area contributed by atoms with Gasteiger partial charge >= 0.3 is 0 Å². The molecule has 3 rings (SSSR count). The molecule has 0 aromatic heterocycles. The van der Waals surface area contributed by atoms with E-state index in [2.05, 4.69) is 36.1 Å². The minimum atomic E-state index is -3.56. The lowest BCUT2D eigenvalue weighted by molar-refractivity contribution is 0.353. The van der Waals surface area contributed by atoms with Crippen LogP contribution in [0.3, 0.4) is 0 Å².